The molecule has 2 amide bonds. The number of pyridine rings is 2. The van der Waals surface area contributed by atoms with Gasteiger partial charge in [0.25, 0.3) is 5.91 Å². The molecule has 1 unspecified atom stereocenters. The number of carbonyl (C=O) groups is 2. The molecule has 0 aromatic carbocycles. The summed E-state index contributed by atoms with van der Waals surface area (Å²) in [5.74, 6) is -1.49. The average molecular weight is 352 g/mol. The van der Waals surface area contributed by atoms with Crippen molar-refractivity contribution >= 4 is 37.5 Å². The molecule has 0 aliphatic carbocycles. The Labute approximate surface area is 138 Å². The van der Waals surface area contributed by atoms with E-state index in [1.807, 2.05) is 0 Å². The fourth-order valence-electron chi connectivity index (χ4n) is 2.03. The first-order valence-electron chi connectivity index (χ1n) is 6.89. The lowest BCUT2D eigenvalue weighted by Crippen LogP contribution is -2.22. The Morgan fingerprint density at radius 1 is 1.38 bits per heavy atom. The third-order valence-corrected chi connectivity index (χ3v) is 4.18. The Kier molecular flexibility index (Phi) is 5.51. The van der Waals surface area contributed by atoms with E-state index in [2.05, 4.69) is 20.6 Å². The van der Waals surface area contributed by atoms with Crippen LogP contribution >= 0.6 is 8.23 Å². The molecule has 0 bridgehead atoms. The molecule has 2 heterocycles. The summed E-state index contributed by atoms with van der Waals surface area (Å²) in [6.07, 6.45) is 1.79. The molecule has 2 N–H and O–H groups in total. The number of nitrogens with one attached hydrogen (secondary N) is 2. The van der Waals surface area contributed by atoms with Gasteiger partial charge in [-0.2, -0.15) is 0 Å². The SMILES string of the molecule is Cc1ccnc(P(C)F)c1NC(=O)c1cc(F)c(C)nc1NC=O. The predicted molar refractivity (Wildman–Crippen MR) is 89.1 cm³/mol. The lowest BCUT2D eigenvalue weighted by molar-refractivity contribution is -0.105. The summed E-state index contributed by atoms with van der Waals surface area (Å²) < 4.78 is 27.5. The van der Waals surface area contributed by atoms with Gasteiger partial charge in [0.1, 0.15) is 25.3 Å². The minimum absolute atomic E-state index is 0.0370. The maximum atomic E-state index is 13.8. The van der Waals surface area contributed by atoms with E-state index in [1.165, 1.54) is 19.8 Å². The summed E-state index contributed by atoms with van der Waals surface area (Å²) in [6.45, 7) is 4.46. The minimum Gasteiger partial charge on any atom is -0.320 e. The van der Waals surface area contributed by atoms with Crippen LogP contribution in [0.2, 0.25) is 0 Å². The quantitative estimate of drug-likeness (QED) is 0.640. The van der Waals surface area contributed by atoms with E-state index in [0.29, 0.717) is 12.0 Å². The third-order valence-electron chi connectivity index (χ3n) is 3.26. The summed E-state index contributed by atoms with van der Waals surface area (Å²) in [5.41, 5.74) is 0.847. The molecular formula is C15H15F2N4O2P. The first-order chi connectivity index (χ1) is 11.3. The Morgan fingerprint density at radius 3 is 2.71 bits per heavy atom. The fourth-order valence-corrected chi connectivity index (χ4v) is 2.80. The van der Waals surface area contributed by atoms with Crippen molar-refractivity contribution < 1.29 is 18.2 Å². The van der Waals surface area contributed by atoms with Gasteiger partial charge in [0, 0.05) is 6.20 Å². The van der Waals surface area contributed by atoms with Gasteiger partial charge in [0.15, 0.2) is 0 Å². The van der Waals surface area contributed by atoms with Gasteiger partial charge < -0.3 is 10.6 Å². The monoisotopic (exact) mass is 352 g/mol. The summed E-state index contributed by atoms with van der Waals surface area (Å²) in [6, 6.07) is 2.59. The van der Waals surface area contributed by atoms with Crippen LogP contribution in [0.5, 0.6) is 0 Å². The molecule has 0 saturated carbocycles. The van der Waals surface area contributed by atoms with Crippen molar-refractivity contribution in [1.29, 1.82) is 0 Å². The van der Waals surface area contributed by atoms with Crippen LogP contribution in [-0.2, 0) is 4.79 Å². The lowest BCUT2D eigenvalue weighted by Gasteiger charge is -2.15. The second-order valence-electron chi connectivity index (χ2n) is 4.97. The zero-order valence-electron chi connectivity index (χ0n) is 13.2. The van der Waals surface area contributed by atoms with Crippen LogP contribution < -0.4 is 16.1 Å². The van der Waals surface area contributed by atoms with Crippen LogP contribution in [0.4, 0.5) is 20.1 Å². The van der Waals surface area contributed by atoms with Crippen molar-refractivity contribution in [3.63, 3.8) is 0 Å². The zero-order valence-corrected chi connectivity index (χ0v) is 14.1. The predicted octanol–water partition coefficient (Wildman–Crippen LogP) is 2.67. The van der Waals surface area contributed by atoms with E-state index in [0.717, 1.165) is 6.07 Å². The van der Waals surface area contributed by atoms with Crippen molar-refractivity contribution in [2.45, 2.75) is 13.8 Å². The van der Waals surface area contributed by atoms with Gasteiger partial charge in [0.2, 0.25) is 6.41 Å². The van der Waals surface area contributed by atoms with Crippen LogP contribution in [0.1, 0.15) is 21.6 Å². The lowest BCUT2D eigenvalue weighted by atomic mass is 10.2. The average Bonchev–Trinajstić information content (AvgIpc) is 2.52. The summed E-state index contributed by atoms with van der Waals surface area (Å²) in [7, 11) is -2.05. The molecule has 0 spiro atoms. The van der Waals surface area contributed by atoms with Crippen LogP contribution in [0, 0.1) is 19.7 Å². The number of carbonyl (C=O) groups excluding carboxylic acids is 2. The van der Waals surface area contributed by atoms with Crippen LogP contribution in [0.3, 0.4) is 0 Å². The molecule has 0 aliphatic heterocycles. The van der Waals surface area contributed by atoms with Crippen molar-refractivity contribution in [3.8, 4) is 0 Å². The highest BCUT2D eigenvalue weighted by atomic mass is 31.2. The van der Waals surface area contributed by atoms with E-state index >= 15 is 0 Å². The third kappa shape index (κ3) is 3.71. The number of amides is 2. The molecule has 2 aromatic rings. The van der Waals surface area contributed by atoms with Crippen LogP contribution in [0.15, 0.2) is 18.3 Å². The highest BCUT2D eigenvalue weighted by Gasteiger charge is 2.20. The van der Waals surface area contributed by atoms with Crippen molar-refractivity contribution in [1.82, 2.24) is 9.97 Å². The number of aryl methyl sites for hydroxylation is 2. The second kappa shape index (κ2) is 7.40. The first-order valence-corrected chi connectivity index (χ1v) is 8.57. The minimum atomic E-state index is -2.05. The molecule has 1 atom stereocenters. The smallest absolute Gasteiger partial charge is 0.259 e. The Hall–Kier alpha value is -2.47. The Balaban J connectivity index is 2.45. The summed E-state index contributed by atoms with van der Waals surface area (Å²) >= 11 is 0. The van der Waals surface area contributed by atoms with Crippen molar-refractivity contribution in [2.24, 2.45) is 0 Å². The van der Waals surface area contributed by atoms with Gasteiger partial charge in [-0.25, -0.2) is 13.6 Å². The molecule has 9 heteroatoms. The first kappa shape index (κ1) is 17.9. The van der Waals surface area contributed by atoms with E-state index in [9.17, 15) is 18.2 Å². The second-order valence-corrected chi connectivity index (χ2v) is 6.35. The molecule has 6 nitrogen and oxygen atoms in total. The molecule has 2 aromatic heterocycles. The number of nitrogens with zero attached hydrogens (tertiary/aromatic N) is 2. The van der Waals surface area contributed by atoms with Gasteiger partial charge in [0.05, 0.1) is 16.9 Å². The van der Waals surface area contributed by atoms with Gasteiger partial charge in [-0.1, -0.05) is 0 Å². The number of aromatic nitrogens is 2. The highest BCUT2D eigenvalue weighted by molar-refractivity contribution is 7.59. The van der Waals surface area contributed by atoms with E-state index < -0.39 is 20.0 Å². The molecular weight excluding hydrogens is 337 g/mol. The maximum absolute atomic E-state index is 13.8. The number of hydrogen-bond acceptors (Lipinski definition) is 4. The Morgan fingerprint density at radius 2 is 2.08 bits per heavy atom. The van der Waals surface area contributed by atoms with Crippen LogP contribution in [-0.4, -0.2) is 29.0 Å². The van der Waals surface area contributed by atoms with E-state index in [1.54, 1.807) is 13.0 Å². The number of rotatable bonds is 5. The molecule has 24 heavy (non-hydrogen) atoms. The molecule has 0 aliphatic rings. The maximum Gasteiger partial charge on any atom is 0.259 e. The summed E-state index contributed by atoms with van der Waals surface area (Å²) in [4.78, 5) is 30.9. The molecule has 0 fully saturated rings. The van der Waals surface area contributed by atoms with Gasteiger partial charge in [-0.3, -0.25) is 14.6 Å². The molecule has 2 rings (SSSR count). The fraction of sp³-hybridized carbons (Fsp3) is 0.200. The van der Waals surface area contributed by atoms with E-state index in [-0.39, 0.29) is 28.2 Å². The van der Waals surface area contributed by atoms with Gasteiger partial charge in [-0.05, 0) is 38.2 Å². The standard InChI is InChI=1S/C15H15F2N4O2P/c1-8-4-5-18-15(24(3)17)12(8)21-14(23)10-6-11(16)9(2)20-13(10)19-7-22/h4-7H,1-3H3,(H,21,23)(H,19,20,22). The molecule has 0 radical (unpaired) electrons. The summed E-state index contributed by atoms with van der Waals surface area (Å²) in [5, 5.41) is 4.79. The highest BCUT2D eigenvalue weighted by Crippen LogP contribution is 2.34. The van der Waals surface area contributed by atoms with E-state index in [4.69, 9.17) is 0 Å². The normalized spacial score (nSPS) is 11.7. The topological polar surface area (TPSA) is 84.0 Å². The largest absolute Gasteiger partial charge is 0.320 e. The van der Waals surface area contributed by atoms with Gasteiger partial charge in [-0.15, -0.1) is 0 Å². The van der Waals surface area contributed by atoms with Crippen LogP contribution in [0.25, 0.3) is 0 Å². The molecule has 126 valence electrons. The van der Waals surface area contributed by atoms with Gasteiger partial charge >= 0.3 is 0 Å². The molecule has 0 saturated heterocycles. The van der Waals surface area contributed by atoms with Crippen molar-refractivity contribution in [3.05, 3.63) is 41.0 Å². The van der Waals surface area contributed by atoms with Crippen molar-refractivity contribution in [2.75, 3.05) is 17.3 Å². The Bertz CT molecular complexity index is 799. The number of halogens is 2. The zero-order chi connectivity index (χ0) is 17.9. The number of anilines is 2. The number of hydrogen-bond donors (Lipinski definition) is 2.